The van der Waals surface area contributed by atoms with Gasteiger partial charge in [-0.3, -0.25) is 0 Å². The number of aromatic amines is 1. The third kappa shape index (κ3) is 1.75. The Bertz CT molecular complexity index is 591. The van der Waals surface area contributed by atoms with Gasteiger partial charge in [0.2, 0.25) is 0 Å². The SMILES string of the molecule is [Re].[c-]1nccc(-c2c[nH]c3ncccc23)n1. The summed E-state index contributed by atoms with van der Waals surface area (Å²) < 4.78 is 0. The van der Waals surface area contributed by atoms with Crippen LogP contribution in [0, 0.1) is 6.33 Å². The molecule has 5 heteroatoms. The van der Waals surface area contributed by atoms with Crippen molar-refractivity contribution in [3.05, 3.63) is 43.1 Å². The summed E-state index contributed by atoms with van der Waals surface area (Å²) in [6.45, 7) is 0. The monoisotopic (exact) mass is 382 g/mol. The van der Waals surface area contributed by atoms with Gasteiger partial charge in [-0.05, 0) is 17.3 Å². The Morgan fingerprint density at radius 2 is 2.12 bits per heavy atom. The number of hydrogen-bond donors (Lipinski definition) is 1. The molecule has 1 N–H and O–H groups in total. The number of nitrogens with one attached hydrogen (secondary N) is 1. The minimum atomic E-state index is 0. The minimum absolute atomic E-state index is 0. The van der Waals surface area contributed by atoms with E-state index in [1.54, 1.807) is 12.4 Å². The molecule has 0 spiro atoms. The molecule has 0 atom stereocenters. The van der Waals surface area contributed by atoms with Gasteiger partial charge in [0.1, 0.15) is 5.65 Å². The van der Waals surface area contributed by atoms with Gasteiger partial charge in [-0.2, -0.15) is 0 Å². The van der Waals surface area contributed by atoms with E-state index in [4.69, 9.17) is 0 Å². The van der Waals surface area contributed by atoms with Crippen LogP contribution < -0.4 is 0 Å². The van der Waals surface area contributed by atoms with Gasteiger partial charge in [0.15, 0.2) is 0 Å². The Labute approximate surface area is 106 Å². The molecule has 0 fully saturated rings. The second-order valence-corrected chi connectivity index (χ2v) is 3.14. The fraction of sp³-hybridized carbons (Fsp3) is 0. The minimum Gasteiger partial charge on any atom is -0.374 e. The van der Waals surface area contributed by atoms with Crippen LogP contribution in [0.15, 0.2) is 36.8 Å². The number of fused-ring (bicyclic) bond motifs is 1. The summed E-state index contributed by atoms with van der Waals surface area (Å²) in [7, 11) is 0. The zero-order chi connectivity index (χ0) is 10.1. The molecule has 0 saturated carbocycles. The predicted octanol–water partition coefficient (Wildman–Crippen LogP) is 1.82. The van der Waals surface area contributed by atoms with Crippen molar-refractivity contribution in [1.29, 1.82) is 0 Å². The summed E-state index contributed by atoms with van der Waals surface area (Å²) in [5.74, 6) is 0. The van der Waals surface area contributed by atoms with Gasteiger partial charge in [0.25, 0.3) is 0 Å². The van der Waals surface area contributed by atoms with Crippen molar-refractivity contribution in [3.8, 4) is 11.3 Å². The molecular formula is C11H7N4Re-. The molecule has 3 aromatic heterocycles. The van der Waals surface area contributed by atoms with Gasteiger partial charge >= 0.3 is 0 Å². The average molecular weight is 381 g/mol. The van der Waals surface area contributed by atoms with E-state index in [0.29, 0.717) is 0 Å². The molecular weight excluding hydrogens is 374 g/mol. The zero-order valence-electron chi connectivity index (χ0n) is 8.18. The number of H-pyrrole nitrogens is 1. The first-order valence-corrected chi connectivity index (χ1v) is 4.57. The molecule has 3 aromatic rings. The van der Waals surface area contributed by atoms with E-state index in [0.717, 1.165) is 22.3 Å². The van der Waals surface area contributed by atoms with E-state index in [9.17, 15) is 0 Å². The molecule has 0 amide bonds. The van der Waals surface area contributed by atoms with Gasteiger partial charge in [-0.15, -0.1) is 6.07 Å². The fourth-order valence-corrected chi connectivity index (χ4v) is 1.58. The number of pyridine rings is 1. The van der Waals surface area contributed by atoms with Crippen LogP contribution in [0.5, 0.6) is 0 Å². The van der Waals surface area contributed by atoms with E-state index >= 15 is 0 Å². The first kappa shape index (κ1) is 10.9. The Hall–Kier alpha value is -1.57. The quantitative estimate of drug-likeness (QED) is 0.655. The van der Waals surface area contributed by atoms with Gasteiger partial charge < -0.3 is 15.0 Å². The van der Waals surface area contributed by atoms with Gasteiger partial charge in [-0.25, -0.2) is 4.98 Å². The summed E-state index contributed by atoms with van der Waals surface area (Å²) in [5.41, 5.74) is 2.74. The largest absolute Gasteiger partial charge is 0.374 e. The molecule has 0 unspecified atom stereocenters. The molecule has 0 aliphatic heterocycles. The molecule has 79 valence electrons. The molecule has 3 heterocycles. The second-order valence-electron chi connectivity index (χ2n) is 3.14. The summed E-state index contributed by atoms with van der Waals surface area (Å²) >= 11 is 0. The van der Waals surface area contributed by atoms with Gasteiger partial charge in [0.05, 0.1) is 0 Å². The molecule has 0 saturated heterocycles. The first-order valence-electron chi connectivity index (χ1n) is 4.57. The first-order chi connectivity index (χ1) is 7.45. The van der Waals surface area contributed by atoms with Crippen LogP contribution in [0.2, 0.25) is 0 Å². The van der Waals surface area contributed by atoms with E-state index in [-0.39, 0.29) is 20.4 Å². The number of aromatic nitrogens is 4. The maximum absolute atomic E-state index is 4.22. The van der Waals surface area contributed by atoms with Crippen LogP contribution in [-0.2, 0) is 20.4 Å². The Balaban J connectivity index is 0.000000963. The van der Waals surface area contributed by atoms with E-state index < -0.39 is 0 Å². The predicted molar refractivity (Wildman–Crippen MR) is 56.0 cm³/mol. The third-order valence-corrected chi connectivity index (χ3v) is 2.26. The summed E-state index contributed by atoms with van der Waals surface area (Å²) in [6, 6.07) is 5.77. The van der Waals surface area contributed by atoms with Crippen molar-refractivity contribution < 1.29 is 20.4 Å². The fourth-order valence-electron chi connectivity index (χ4n) is 1.58. The van der Waals surface area contributed by atoms with E-state index in [1.807, 2.05) is 24.4 Å². The standard InChI is InChI=1S/C11H7N4.Re/c1-2-8-9(6-14-11(8)13-4-1)10-3-5-12-7-15-10;/h1-6H,(H,13,14);/q-1;. The van der Waals surface area contributed by atoms with Gasteiger partial charge in [-0.1, -0.05) is 12.3 Å². The molecule has 0 bridgehead atoms. The summed E-state index contributed by atoms with van der Waals surface area (Å²) in [6.07, 6.45) is 7.91. The van der Waals surface area contributed by atoms with Crippen molar-refractivity contribution in [1.82, 2.24) is 19.9 Å². The summed E-state index contributed by atoms with van der Waals surface area (Å²) in [4.78, 5) is 15.2. The topological polar surface area (TPSA) is 54.5 Å². The van der Waals surface area contributed by atoms with Crippen molar-refractivity contribution in [3.63, 3.8) is 0 Å². The van der Waals surface area contributed by atoms with Crippen molar-refractivity contribution in [2.75, 3.05) is 0 Å². The molecule has 0 aromatic carbocycles. The van der Waals surface area contributed by atoms with Crippen molar-refractivity contribution in [2.45, 2.75) is 0 Å². The normalized spacial score (nSPS) is 10.0. The Morgan fingerprint density at radius 3 is 2.94 bits per heavy atom. The molecule has 16 heavy (non-hydrogen) atoms. The third-order valence-electron chi connectivity index (χ3n) is 2.26. The molecule has 1 radical (unpaired) electrons. The molecule has 4 nitrogen and oxygen atoms in total. The smallest absolute Gasteiger partial charge is 0.136 e. The average Bonchev–Trinajstić information content (AvgIpc) is 2.74. The number of rotatable bonds is 1. The van der Waals surface area contributed by atoms with E-state index in [2.05, 4.69) is 26.3 Å². The number of nitrogens with zero attached hydrogens (tertiary/aromatic N) is 3. The maximum atomic E-state index is 4.22. The molecule has 0 aliphatic rings. The van der Waals surface area contributed by atoms with Crippen molar-refractivity contribution >= 4 is 11.0 Å². The maximum Gasteiger partial charge on any atom is 0.136 e. The second kappa shape index (κ2) is 4.52. The van der Waals surface area contributed by atoms with Crippen LogP contribution in [0.1, 0.15) is 0 Å². The Morgan fingerprint density at radius 1 is 1.19 bits per heavy atom. The molecule has 0 aliphatic carbocycles. The Kier molecular flexibility index (Phi) is 3.09. The molecule has 3 rings (SSSR count). The van der Waals surface area contributed by atoms with Gasteiger partial charge in [0, 0.05) is 44.5 Å². The summed E-state index contributed by atoms with van der Waals surface area (Å²) in [5, 5.41) is 1.06. The number of hydrogen-bond acceptors (Lipinski definition) is 3. The van der Waals surface area contributed by atoms with Crippen LogP contribution >= 0.6 is 0 Å². The van der Waals surface area contributed by atoms with Crippen LogP contribution in [0.3, 0.4) is 0 Å². The van der Waals surface area contributed by atoms with Crippen LogP contribution in [0.4, 0.5) is 0 Å². The van der Waals surface area contributed by atoms with Crippen molar-refractivity contribution in [2.24, 2.45) is 0 Å². The van der Waals surface area contributed by atoms with Crippen LogP contribution in [-0.4, -0.2) is 19.9 Å². The zero-order valence-corrected chi connectivity index (χ0v) is 10.9. The van der Waals surface area contributed by atoms with E-state index in [1.165, 1.54) is 0 Å². The van der Waals surface area contributed by atoms with Crippen LogP contribution in [0.25, 0.3) is 22.3 Å².